The summed E-state index contributed by atoms with van der Waals surface area (Å²) in [4.78, 5) is 0. The number of hydrogen-bond acceptors (Lipinski definition) is 3. The van der Waals surface area contributed by atoms with Crippen molar-refractivity contribution in [3.8, 4) is 11.5 Å². The molecule has 0 fully saturated rings. The number of benzene rings is 1. The number of hydrogen-bond donors (Lipinski definition) is 1. The SMILES string of the molecule is NCc1ccc(Cl)c2c1OCO2. The van der Waals surface area contributed by atoms with E-state index in [1.54, 1.807) is 6.07 Å². The molecule has 2 rings (SSSR count). The second-order valence-corrected chi connectivity index (χ2v) is 2.88. The topological polar surface area (TPSA) is 44.5 Å². The maximum atomic E-state index is 5.85. The molecule has 0 saturated carbocycles. The van der Waals surface area contributed by atoms with Gasteiger partial charge in [-0.15, -0.1) is 0 Å². The van der Waals surface area contributed by atoms with Gasteiger partial charge in [-0.05, 0) is 6.07 Å². The van der Waals surface area contributed by atoms with Gasteiger partial charge in [0.25, 0.3) is 0 Å². The summed E-state index contributed by atoms with van der Waals surface area (Å²) in [6, 6.07) is 3.60. The molecule has 1 aromatic rings. The van der Waals surface area contributed by atoms with E-state index in [1.807, 2.05) is 6.07 Å². The molecule has 1 heterocycles. The van der Waals surface area contributed by atoms with Crippen LogP contribution in [0.5, 0.6) is 11.5 Å². The van der Waals surface area contributed by atoms with Crippen LogP contribution in [-0.4, -0.2) is 6.79 Å². The fraction of sp³-hybridized carbons (Fsp3) is 0.250. The maximum absolute atomic E-state index is 5.85. The third-order valence-electron chi connectivity index (χ3n) is 1.77. The molecule has 0 saturated heterocycles. The fourth-order valence-electron chi connectivity index (χ4n) is 1.18. The van der Waals surface area contributed by atoms with Crippen molar-refractivity contribution in [2.75, 3.05) is 6.79 Å². The van der Waals surface area contributed by atoms with Gasteiger partial charge in [0.2, 0.25) is 6.79 Å². The molecule has 4 heteroatoms. The summed E-state index contributed by atoms with van der Waals surface area (Å²) in [5.41, 5.74) is 6.42. The highest BCUT2D eigenvalue weighted by Gasteiger charge is 2.19. The third-order valence-corrected chi connectivity index (χ3v) is 2.07. The van der Waals surface area contributed by atoms with E-state index in [1.165, 1.54) is 0 Å². The Morgan fingerprint density at radius 1 is 1.33 bits per heavy atom. The van der Waals surface area contributed by atoms with Crippen LogP contribution in [0.1, 0.15) is 5.56 Å². The van der Waals surface area contributed by atoms with Crippen LogP contribution >= 0.6 is 11.6 Å². The van der Waals surface area contributed by atoms with Crippen LogP contribution in [0.15, 0.2) is 12.1 Å². The molecule has 0 atom stereocenters. The van der Waals surface area contributed by atoms with Crippen molar-refractivity contribution in [2.45, 2.75) is 6.54 Å². The van der Waals surface area contributed by atoms with E-state index in [0.717, 1.165) is 5.56 Å². The number of fused-ring (bicyclic) bond motifs is 1. The normalized spacial score (nSPS) is 13.5. The van der Waals surface area contributed by atoms with Crippen LogP contribution < -0.4 is 15.2 Å². The molecule has 0 aromatic heterocycles. The molecule has 1 aromatic carbocycles. The van der Waals surface area contributed by atoms with Crippen LogP contribution in [0.3, 0.4) is 0 Å². The van der Waals surface area contributed by atoms with Gasteiger partial charge in [0, 0.05) is 12.1 Å². The first-order valence-corrected chi connectivity index (χ1v) is 3.98. The number of halogens is 1. The summed E-state index contributed by atoms with van der Waals surface area (Å²) < 4.78 is 10.4. The molecule has 0 unspecified atom stereocenters. The average molecular weight is 186 g/mol. The molecule has 1 aliphatic heterocycles. The lowest BCUT2D eigenvalue weighted by Crippen LogP contribution is -1.98. The molecule has 0 spiro atoms. The van der Waals surface area contributed by atoms with Crippen LogP contribution in [0, 0.1) is 0 Å². The van der Waals surface area contributed by atoms with Crippen molar-refractivity contribution in [3.63, 3.8) is 0 Å². The summed E-state index contributed by atoms with van der Waals surface area (Å²) in [7, 11) is 0. The summed E-state index contributed by atoms with van der Waals surface area (Å²) in [6.45, 7) is 0.662. The first kappa shape index (κ1) is 7.71. The molecule has 64 valence electrons. The van der Waals surface area contributed by atoms with Gasteiger partial charge in [-0.1, -0.05) is 17.7 Å². The Bertz CT molecular complexity index is 314. The number of nitrogens with two attached hydrogens (primary N) is 1. The van der Waals surface area contributed by atoms with Crippen LogP contribution in [0.2, 0.25) is 5.02 Å². The first-order chi connectivity index (χ1) is 5.83. The Balaban J connectivity index is 2.57. The van der Waals surface area contributed by atoms with E-state index in [2.05, 4.69) is 0 Å². The first-order valence-electron chi connectivity index (χ1n) is 3.60. The minimum atomic E-state index is 0.228. The highest BCUT2D eigenvalue weighted by molar-refractivity contribution is 6.32. The van der Waals surface area contributed by atoms with Gasteiger partial charge in [0.1, 0.15) is 0 Å². The van der Waals surface area contributed by atoms with Gasteiger partial charge in [-0.25, -0.2) is 0 Å². The predicted molar refractivity (Wildman–Crippen MR) is 45.5 cm³/mol. The van der Waals surface area contributed by atoms with Crippen LogP contribution in [-0.2, 0) is 6.54 Å². The lowest BCUT2D eigenvalue weighted by atomic mass is 10.2. The van der Waals surface area contributed by atoms with Crippen molar-refractivity contribution in [1.29, 1.82) is 0 Å². The zero-order valence-electron chi connectivity index (χ0n) is 6.34. The largest absolute Gasteiger partial charge is 0.453 e. The Hall–Kier alpha value is -0.930. The predicted octanol–water partition coefficient (Wildman–Crippen LogP) is 1.53. The van der Waals surface area contributed by atoms with Crippen LogP contribution in [0.4, 0.5) is 0 Å². The quantitative estimate of drug-likeness (QED) is 0.722. The molecule has 0 amide bonds. The van der Waals surface area contributed by atoms with E-state index in [0.29, 0.717) is 23.1 Å². The molecule has 3 nitrogen and oxygen atoms in total. The van der Waals surface area contributed by atoms with E-state index < -0.39 is 0 Å². The van der Waals surface area contributed by atoms with Crippen molar-refractivity contribution in [1.82, 2.24) is 0 Å². The minimum absolute atomic E-state index is 0.228. The highest BCUT2D eigenvalue weighted by atomic mass is 35.5. The van der Waals surface area contributed by atoms with Crippen LogP contribution in [0.25, 0.3) is 0 Å². The van der Waals surface area contributed by atoms with Crippen molar-refractivity contribution in [2.24, 2.45) is 5.73 Å². The summed E-state index contributed by atoms with van der Waals surface area (Å²) in [5.74, 6) is 1.30. The molecule has 0 bridgehead atoms. The monoisotopic (exact) mass is 185 g/mol. The molecular weight excluding hydrogens is 178 g/mol. The Kier molecular flexibility index (Phi) is 1.83. The lowest BCUT2D eigenvalue weighted by Gasteiger charge is -2.03. The summed E-state index contributed by atoms with van der Waals surface area (Å²) >= 11 is 5.85. The lowest BCUT2D eigenvalue weighted by molar-refractivity contribution is 0.173. The van der Waals surface area contributed by atoms with Gasteiger partial charge in [0.15, 0.2) is 11.5 Å². The van der Waals surface area contributed by atoms with Gasteiger partial charge in [0.05, 0.1) is 5.02 Å². The second kappa shape index (κ2) is 2.84. The van der Waals surface area contributed by atoms with E-state index in [4.69, 9.17) is 26.8 Å². The molecule has 1 aliphatic rings. The molecule has 0 aliphatic carbocycles. The van der Waals surface area contributed by atoms with Crippen molar-refractivity contribution in [3.05, 3.63) is 22.7 Å². The molecule has 0 radical (unpaired) electrons. The summed E-state index contributed by atoms with van der Waals surface area (Å²) in [5, 5.41) is 0.569. The van der Waals surface area contributed by atoms with E-state index in [9.17, 15) is 0 Å². The Morgan fingerprint density at radius 2 is 2.08 bits per heavy atom. The molecule has 12 heavy (non-hydrogen) atoms. The van der Waals surface area contributed by atoms with Gasteiger partial charge < -0.3 is 15.2 Å². The second-order valence-electron chi connectivity index (χ2n) is 2.48. The van der Waals surface area contributed by atoms with Crippen molar-refractivity contribution >= 4 is 11.6 Å². The third kappa shape index (κ3) is 1.02. The fourth-order valence-corrected chi connectivity index (χ4v) is 1.38. The van der Waals surface area contributed by atoms with E-state index in [-0.39, 0.29) is 6.79 Å². The summed E-state index contributed by atoms with van der Waals surface area (Å²) in [6.07, 6.45) is 0. The molecular formula is C8H8ClNO2. The Morgan fingerprint density at radius 3 is 2.83 bits per heavy atom. The standard InChI is InChI=1S/C8H8ClNO2/c9-6-2-1-5(3-10)7-8(6)12-4-11-7/h1-2H,3-4,10H2. The zero-order chi connectivity index (χ0) is 8.55. The average Bonchev–Trinajstić information content (AvgIpc) is 2.54. The van der Waals surface area contributed by atoms with Crippen molar-refractivity contribution < 1.29 is 9.47 Å². The highest BCUT2D eigenvalue weighted by Crippen LogP contribution is 2.41. The van der Waals surface area contributed by atoms with Gasteiger partial charge >= 0.3 is 0 Å². The molecule has 2 N–H and O–H groups in total. The number of rotatable bonds is 1. The smallest absolute Gasteiger partial charge is 0.231 e. The zero-order valence-corrected chi connectivity index (χ0v) is 7.10. The van der Waals surface area contributed by atoms with E-state index >= 15 is 0 Å². The number of ether oxygens (including phenoxy) is 2. The minimum Gasteiger partial charge on any atom is -0.453 e. The Labute approximate surface area is 75.0 Å². The van der Waals surface area contributed by atoms with Gasteiger partial charge in [-0.2, -0.15) is 0 Å². The maximum Gasteiger partial charge on any atom is 0.231 e. The van der Waals surface area contributed by atoms with Gasteiger partial charge in [-0.3, -0.25) is 0 Å².